The number of piperazine rings is 1. The normalized spacial score (nSPS) is 20.6. The number of nitrogens with one attached hydrogen (secondary N) is 2. The standard InChI is InChI=1S/C22H24N4O2/c1-3-15(17-13-26(2)19-10-5-4-9-16(17)19)20-22(28)24-18(21(27)25-20)12-14-8-6-7-11-23-14/h4-11,13,15,18,20H,3,12H2,1-2H3,(H,24,28)(H,25,27)/t15-,18-,20-/m1/s1. The van der Waals surface area contributed by atoms with Gasteiger partial charge in [0, 0.05) is 48.4 Å². The van der Waals surface area contributed by atoms with Crippen molar-refractivity contribution in [3.63, 3.8) is 0 Å². The van der Waals surface area contributed by atoms with Crippen molar-refractivity contribution in [1.29, 1.82) is 0 Å². The van der Waals surface area contributed by atoms with Gasteiger partial charge in [0.25, 0.3) is 0 Å². The fourth-order valence-electron chi connectivity index (χ4n) is 4.11. The quantitative estimate of drug-likeness (QED) is 0.717. The van der Waals surface area contributed by atoms with Crippen molar-refractivity contribution in [2.45, 2.75) is 37.8 Å². The summed E-state index contributed by atoms with van der Waals surface area (Å²) in [6, 6.07) is 12.5. The molecule has 0 unspecified atom stereocenters. The summed E-state index contributed by atoms with van der Waals surface area (Å²) in [7, 11) is 2.00. The Morgan fingerprint density at radius 1 is 1.07 bits per heavy atom. The zero-order valence-electron chi connectivity index (χ0n) is 16.1. The van der Waals surface area contributed by atoms with Crippen LogP contribution in [0.15, 0.2) is 54.9 Å². The molecule has 6 heteroatoms. The number of fused-ring (bicyclic) bond motifs is 1. The molecule has 1 aromatic carbocycles. The first kappa shape index (κ1) is 18.2. The smallest absolute Gasteiger partial charge is 0.243 e. The molecule has 1 saturated heterocycles. The molecule has 1 fully saturated rings. The third-order valence-corrected chi connectivity index (χ3v) is 5.52. The van der Waals surface area contributed by atoms with Crippen molar-refractivity contribution in [3.8, 4) is 0 Å². The predicted molar refractivity (Wildman–Crippen MR) is 108 cm³/mol. The van der Waals surface area contributed by atoms with Crippen molar-refractivity contribution < 1.29 is 9.59 Å². The summed E-state index contributed by atoms with van der Waals surface area (Å²) in [5.74, 6) is -0.389. The Kier molecular flexibility index (Phi) is 4.86. The zero-order valence-corrected chi connectivity index (χ0v) is 16.1. The number of nitrogens with zero attached hydrogens (tertiary/aromatic N) is 2. The molecule has 0 saturated carbocycles. The Bertz CT molecular complexity index is 1010. The molecule has 2 aromatic heterocycles. The second-order valence-electron chi connectivity index (χ2n) is 7.30. The van der Waals surface area contributed by atoms with E-state index in [1.165, 1.54) is 0 Å². The number of aromatic nitrogens is 2. The van der Waals surface area contributed by atoms with Crippen molar-refractivity contribution >= 4 is 22.7 Å². The number of carbonyl (C=O) groups excluding carboxylic acids is 2. The summed E-state index contributed by atoms with van der Waals surface area (Å²) in [5, 5.41) is 7.00. The van der Waals surface area contributed by atoms with Crippen molar-refractivity contribution in [2.24, 2.45) is 7.05 Å². The number of hydrogen-bond donors (Lipinski definition) is 2. The van der Waals surface area contributed by atoms with E-state index in [0.717, 1.165) is 28.6 Å². The second kappa shape index (κ2) is 7.46. The Labute approximate surface area is 164 Å². The van der Waals surface area contributed by atoms with Gasteiger partial charge in [0.2, 0.25) is 11.8 Å². The van der Waals surface area contributed by atoms with E-state index in [9.17, 15) is 9.59 Å². The van der Waals surface area contributed by atoms with E-state index in [1.807, 2.05) is 44.3 Å². The first-order chi connectivity index (χ1) is 13.6. The van der Waals surface area contributed by atoms with Gasteiger partial charge in [-0.25, -0.2) is 0 Å². The van der Waals surface area contributed by atoms with Crippen LogP contribution in [0.2, 0.25) is 0 Å². The Hall–Kier alpha value is -3.15. The van der Waals surface area contributed by atoms with Gasteiger partial charge in [-0.15, -0.1) is 0 Å². The van der Waals surface area contributed by atoms with Crippen LogP contribution in [0.25, 0.3) is 10.9 Å². The summed E-state index contributed by atoms with van der Waals surface area (Å²) in [4.78, 5) is 29.9. The average Bonchev–Trinajstić information content (AvgIpc) is 3.04. The highest BCUT2D eigenvalue weighted by molar-refractivity contribution is 5.98. The predicted octanol–water partition coefficient (Wildman–Crippen LogP) is 2.29. The minimum absolute atomic E-state index is 0.0918. The second-order valence-corrected chi connectivity index (χ2v) is 7.30. The SMILES string of the molecule is CC[C@H](c1cn(C)c2ccccc12)[C@H]1NC(=O)[C@@H](Cc2ccccn2)NC1=O. The third kappa shape index (κ3) is 3.26. The fraction of sp³-hybridized carbons (Fsp3) is 0.318. The Morgan fingerprint density at radius 2 is 1.86 bits per heavy atom. The molecule has 1 aliphatic heterocycles. The molecule has 6 nitrogen and oxygen atoms in total. The van der Waals surface area contributed by atoms with E-state index in [1.54, 1.807) is 6.20 Å². The lowest BCUT2D eigenvalue weighted by atomic mass is 9.86. The molecule has 28 heavy (non-hydrogen) atoms. The number of pyridine rings is 1. The lowest BCUT2D eigenvalue weighted by molar-refractivity contribution is -0.137. The van der Waals surface area contributed by atoms with Gasteiger partial charge in [-0.2, -0.15) is 0 Å². The van der Waals surface area contributed by atoms with Crippen molar-refractivity contribution in [1.82, 2.24) is 20.2 Å². The van der Waals surface area contributed by atoms with Crippen LogP contribution in [0.1, 0.15) is 30.5 Å². The van der Waals surface area contributed by atoms with Crippen LogP contribution in [0.3, 0.4) is 0 Å². The number of para-hydroxylation sites is 1. The molecule has 3 heterocycles. The molecule has 2 amide bonds. The minimum atomic E-state index is -0.594. The summed E-state index contributed by atoms with van der Waals surface area (Å²) < 4.78 is 2.07. The van der Waals surface area contributed by atoms with Gasteiger partial charge in [0.15, 0.2) is 0 Å². The monoisotopic (exact) mass is 376 g/mol. The van der Waals surface area contributed by atoms with E-state index in [-0.39, 0.29) is 17.7 Å². The largest absolute Gasteiger partial charge is 0.350 e. The lowest BCUT2D eigenvalue weighted by Crippen LogP contribution is -2.63. The minimum Gasteiger partial charge on any atom is -0.350 e. The molecule has 0 aliphatic carbocycles. The van der Waals surface area contributed by atoms with Crippen LogP contribution in [0.4, 0.5) is 0 Å². The van der Waals surface area contributed by atoms with Gasteiger partial charge in [-0.05, 0) is 30.2 Å². The van der Waals surface area contributed by atoms with Gasteiger partial charge in [0.1, 0.15) is 12.1 Å². The first-order valence-electron chi connectivity index (χ1n) is 9.63. The molecule has 1 aliphatic rings. The summed E-state index contributed by atoms with van der Waals surface area (Å²) in [6.45, 7) is 2.05. The van der Waals surface area contributed by atoms with Gasteiger partial charge in [-0.3, -0.25) is 14.6 Å². The zero-order chi connectivity index (χ0) is 19.7. The fourth-order valence-corrected chi connectivity index (χ4v) is 4.11. The van der Waals surface area contributed by atoms with E-state index < -0.39 is 12.1 Å². The summed E-state index contributed by atoms with van der Waals surface area (Å²) >= 11 is 0. The number of aryl methyl sites for hydroxylation is 1. The number of carbonyl (C=O) groups is 2. The van der Waals surface area contributed by atoms with Crippen LogP contribution in [0, 0.1) is 0 Å². The van der Waals surface area contributed by atoms with Gasteiger partial charge < -0.3 is 15.2 Å². The molecule has 0 spiro atoms. The highest BCUT2D eigenvalue weighted by Gasteiger charge is 2.39. The Balaban J connectivity index is 1.58. The lowest BCUT2D eigenvalue weighted by Gasteiger charge is -2.34. The van der Waals surface area contributed by atoms with Gasteiger partial charge in [-0.1, -0.05) is 31.2 Å². The molecule has 0 bridgehead atoms. The highest BCUT2D eigenvalue weighted by atomic mass is 16.2. The topological polar surface area (TPSA) is 76.0 Å². The van der Waals surface area contributed by atoms with Crippen molar-refractivity contribution in [2.75, 3.05) is 0 Å². The van der Waals surface area contributed by atoms with Gasteiger partial charge in [0.05, 0.1) is 0 Å². The van der Waals surface area contributed by atoms with Crippen LogP contribution in [-0.4, -0.2) is 33.4 Å². The number of hydrogen-bond acceptors (Lipinski definition) is 3. The molecule has 2 N–H and O–H groups in total. The molecule has 144 valence electrons. The summed E-state index contributed by atoms with van der Waals surface area (Å²) in [5.41, 5.74) is 2.98. The highest BCUT2D eigenvalue weighted by Crippen LogP contribution is 2.32. The number of amides is 2. The maximum Gasteiger partial charge on any atom is 0.243 e. The molecule has 3 aromatic rings. The van der Waals surface area contributed by atoms with Crippen LogP contribution >= 0.6 is 0 Å². The molecule has 0 radical (unpaired) electrons. The summed E-state index contributed by atoms with van der Waals surface area (Å²) in [6.07, 6.45) is 4.89. The first-order valence-corrected chi connectivity index (χ1v) is 9.63. The van der Waals surface area contributed by atoms with E-state index in [0.29, 0.717) is 6.42 Å². The number of rotatable bonds is 5. The molecular formula is C22H24N4O2. The van der Waals surface area contributed by atoms with Crippen LogP contribution in [-0.2, 0) is 23.1 Å². The molecular weight excluding hydrogens is 352 g/mol. The van der Waals surface area contributed by atoms with E-state index in [2.05, 4.69) is 38.5 Å². The molecule has 4 rings (SSSR count). The maximum atomic E-state index is 12.9. The maximum absolute atomic E-state index is 12.9. The van der Waals surface area contributed by atoms with Crippen LogP contribution in [0.5, 0.6) is 0 Å². The van der Waals surface area contributed by atoms with E-state index in [4.69, 9.17) is 0 Å². The van der Waals surface area contributed by atoms with Gasteiger partial charge >= 0.3 is 0 Å². The molecule has 3 atom stereocenters. The van der Waals surface area contributed by atoms with E-state index >= 15 is 0 Å². The average molecular weight is 376 g/mol. The van der Waals surface area contributed by atoms with Crippen LogP contribution < -0.4 is 10.6 Å². The van der Waals surface area contributed by atoms with Crippen molar-refractivity contribution in [3.05, 3.63) is 66.1 Å². The Morgan fingerprint density at radius 3 is 2.61 bits per heavy atom. The third-order valence-electron chi connectivity index (χ3n) is 5.52. The number of benzene rings is 1.